The monoisotopic (exact) mass is 839 g/mol. The number of thiazole rings is 1. The zero-order valence-corrected chi connectivity index (χ0v) is 40.2. The summed E-state index contributed by atoms with van der Waals surface area (Å²) >= 11 is 1.72. The SMILES string of the molecule is CC(C)(C)c1cnc2ccccn12.CC(C)(C)c1cncnc1.CC(C)(C)c1ncccn1.CC(C)(C)c1nccs1.CC(C)(C)c1ncn[nH]1.CC(C)(C)c1nnco1. The molecule has 60 heavy (non-hydrogen) atoms. The molecule has 0 unspecified atom stereocenters. The molecule has 7 aromatic heterocycles. The van der Waals surface area contributed by atoms with Crippen LogP contribution in [0.15, 0.2) is 96.5 Å². The minimum Gasteiger partial charge on any atom is -0.427 e. The van der Waals surface area contributed by atoms with Crippen LogP contribution in [0, 0.1) is 0 Å². The number of hydrogen-bond donors (Lipinski definition) is 1. The number of rotatable bonds is 0. The molecule has 0 amide bonds. The smallest absolute Gasteiger partial charge is 0.221 e. The Kier molecular flexibility index (Phi) is 18.5. The molecule has 326 valence electrons. The molecule has 0 aliphatic carbocycles. The fourth-order valence-electron chi connectivity index (χ4n) is 4.52. The lowest BCUT2D eigenvalue weighted by atomic mass is 9.89. The van der Waals surface area contributed by atoms with Crippen LogP contribution in [0.2, 0.25) is 0 Å². The van der Waals surface area contributed by atoms with Gasteiger partial charge in [-0.3, -0.25) is 5.10 Å². The van der Waals surface area contributed by atoms with E-state index < -0.39 is 0 Å². The van der Waals surface area contributed by atoms with Crippen LogP contribution in [0.1, 0.15) is 158 Å². The number of H-pyrrole nitrogens is 1. The Bertz CT molecular complexity index is 1990. The third-order valence-electron chi connectivity index (χ3n) is 8.05. The topological polar surface area (TPSA) is 162 Å². The number of hydrogen-bond acceptors (Lipinski definition) is 12. The third-order valence-corrected chi connectivity index (χ3v) is 9.25. The van der Waals surface area contributed by atoms with E-state index in [2.05, 4.69) is 170 Å². The van der Waals surface area contributed by atoms with Gasteiger partial charge < -0.3 is 8.82 Å². The Labute approximate surface area is 362 Å². The largest absolute Gasteiger partial charge is 0.427 e. The third kappa shape index (κ3) is 18.4. The van der Waals surface area contributed by atoms with E-state index in [1.807, 2.05) is 75.2 Å². The fourth-order valence-corrected chi connectivity index (χ4v) is 5.25. The van der Waals surface area contributed by atoms with Crippen LogP contribution in [-0.4, -0.2) is 59.7 Å². The van der Waals surface area contributed by atoms with Gasteiger partial charge in [-0.1, -0.05) is 131 Å². The molecule has 7 rings (SSSR count). The Morgan fingerprint density at radius 1 is 0.583 bits per heavy atom. The maximum Gasteiger partial charge on any atom is 0.221 e. The maximum absolute atomic E-state index is 4.98. The average Bonchev–Trinajstić information content (AvgIpc) is 4.00. The van der Waals surface area contributed by atoms with Crippen molar-refractivity contribution in [3.05, 3.63) is 126 Å². The van der Waals surface area contributed by atoms with Crippen molar-refractivity contribution in [2.75, 3.05) is 0 Å². The quantitative estimate of drug-likeness (QED) is 0.155. The normalized spacial score (nSPS) is 11.8. The van der Waals surface area contributed by atoms with E-state index in [0.717, 1.165) is 17.3 Å². The number of pyridine rings is 1. The zero-order valence-electron chi connectivity index (χ0n) is 39.4. The number of aromatic nitrogens is 12. The standard InChI is InChI=1S/C11H14N2.2C8H12N2.C7H11NS.C6H11N3.C6H10N2O/c1-11(2,3)9-8-12-10-6-4-5-7-13(9)10;1-8(2,3)7-4-9-6-10-5-7;1-8(2,3)7-9-5-4-6-10-7;1-7(2,3)6-8-4-5-9-6;1-6(2,3)5-7-4-8-9-5;1-6(2,3)5-8-7-4-9-5/h4-8H,1-3H3;2*4-6H,1-3H3;4-5H,1-3H3;4H,1-3H3,(H,7,8,9);4H,1-3H3. The minimum atomic E-state index is -0.0174. The summed E-state index contributed by atoms with van der Waals surface area (Å²) in [5.74, 6) is 2.51. The highest BCUT2D eigenvalue weighted by atomic mass is 32.1. The van der Waals surface area contributed by atoms with Gasteiger partial charge in [-0.25, -0.2) is 34.9 Å². The highest BCUT2D eigenvalue weighted by Gasteiger charge is 2.20. The lowest BCUT2D eigenvalue weighted by Crippen LogP contribution is -2.14. The lowest BCUT2D eigenvalue weighted by molar-refractivity contribution is 0.392. The second kappa shape index (κ2) is 21.8. The van der Waals surface area contributed by atoms with E-state index in [1.165, 1.54) is 29.0 Å². The molecule has 0 radical (unpaired) electrons. The molecular formula is C46H70N12OS. The Hall–Kier alpha value is -5.24. The average molecular weight is 839 g/mol. The van der Waals surface area contributed by atoms with Gasteiger partial charge in [-0.2, -0.15) is 5.10 Å². The number of fused-ring (bicyclic) bond motifs is 1. The second-order valence-electron chi connectivity index (χ2n) is 20.2. The van der Waals surface area contributed by atoms with Gasteiger partial charge in [0.05, 0.1) is 5.01 Å². The van der Waals surface area contributed by atoms with Crippen LogP contribution in [0.5, 0.6) is 0 Å². The van der Waals surface area contributed by atoms with E-state index in [4.69, 9.17) is 4.42 Å². The van der Waals surface area contributed by atoms with Crippen molar-refractivity contribution in [2.24, 2.45) is 0 Å². The number of imidazole rings is 1. The van der Waals surface area contributed by atoms with Gasteiger partial charge in [0, 0.05) is 81.5 Å². The maximum atomic E-state index is 4.98. The van der Waals surface area contributed by atoms with E-state index in [0.29, 0.717) is 5.89 Å². The molecule has 1 N–H and O–H groups in total. The van der Waals surface area contributed by atoms with Gasteiger partial charge in [0.2, 0.25) is 12.3 Å². The first-order chi connectivity index (χ1) is 27.6. The first-order valence-electron chi connectivity index (χ1n) is 20.1. The van der Waals surface area contributed by atoms with Gasteiger partial charge in [-0.15, -0.1) is 21.5 Å². The summed E-state index contributed by atoms with van der Waals surface area (Å²) in [5, 5.41) is 17.1. The molecule has 13 nitrogen and oxygen atoms in total. The summed E-state index contributed by atoms with van der Waals surface area (Å²) in [6.45, 7) is 38.2. The molecule has 0 saturated carbocycles. The molecule has 0 aromatic carbocycles. The molecule has 0 fully saturated rings. The molecule has 0 atom stereocenters. The number of aromatic amines is 1. The van der Waals surface area contributed by atoms with Crippen LogP contribution >= 0.6 is 11.3 Å². The second-order valence-corrected chi connectivity index (χ2v) is 21.1. The summed E-state index contributed by atoms with van der Waals surface area (Å²) in [7, 11) is 0. The van der Waals surface area contributed by atoms with Crippen molar-refractivity contribution < 1.29 is 4.42 Å². The highest BCUT2D eigenvalue weighted by molar-refractivity contribution is 7.09. The van der Waals surface area contributed by atoms with E-state index in [1.54, 1.807) is 30.1 Å². The van der Waals surface area contributed by atoms with E-state index >= 15 is 0 Å². The number of nitrogens with zero attached hydrogens (tertiary/aromatic N) is 11. The first-order valence-corrected chi connectivity index (χ1v) is 21.0. The fraction of sp³-hybridized carbons (Fsp3) is 0.522. The minimum absolute atomic E-state index is 0.0174. The van der Waals surface area contributed by atoms with Crippen molar-refractivity contribution in [1.29, 1.82) is 0 Å². The van der Waals surface area contributed by atoms with Crippen LogP contribution in [0.25, 0.3) is 5.65 Å². The van der Waals surface area contributed by atoms with Gasteiger partial charge in [0.1, 0.15) is 30.0 Å². The van der Waals surface area contributed by atoms with E-state index in [-0.39, 0.29) is 32.5 Å². The highest BCUT2D eigenvalue weighted by Crippen LogP contribution is 2.24. The zero-order chi connectivity index (χ0) is 45.4. The van der Waals surface area contributed by atoms with Gasteiger partial charge in [-0.05, 0) is 29.2 Å². The van der Waals surface area contributed by atoms with Crippen molar-refractivity contribution >= 4 is 17.0 Å². The van der Waals surface area contributed by atoms with Crippen molar-refractivity contribution in [2.45, 2.75) is 157 Å². The summed E-state index contributed by atoms with van der Waals surface area (Å²) < 4.78 is 7.11. The Morgan fingerprint density at radius 3 is 1.57 bits per heavy atom. The molecule has 7 aromatic rings. The lowest BCUT2D eigenvalue weighted by Gasteiger charge is -2.17. The molecule has 0 bridgehead atoms. The van der Waals surface area contributed by atoms with E-state index in [9.17, 15) is 0 Å². The summed E-state index contributed by atoms with van der Waals surface area (Å²) in [6, 6.07) is 7.89. The van der Waals surface area contributed by atoms with Gasteiger partial charge in [0.25, 0.3) is 0 Å². The molecule has 0 spiro atoms. The predicted molar refractivity (Wildman–Crippen MR) is 244 cm³/mol. The Balaban J connectivity index is 0.000000250. The van der Waals surface area contributed by atoms with Crippen LogP contribution < -0.4 is 0 Å². The molecule has 14 heteroatoms. The summed E-state index contributed by atoms with van der Waals surface area (Å²) in [4.78, 5) is 28.7. The Morgan fingerprint density at radius 2 is 1.22 bits per heavy atom. The van der Waals surface area contributed by atoms with Crippen molar-refractivity contribution in [3.63, 3.8) is 0 Å². The van der Waals surface area contributed by atoms with Crippen molar-refractivity contribution in [3.8, 4) is 0 Å². The molecule has 0 saturated heterocycles. The van der Waals surface area contributed by atoms with Crippen molar-refractivity contribution in [1.82, 2.24) is 59.7 Å². The van der Waals surface area contributed by atoms with Crippen LogP contribution in [0.4, 0.5) is 0 Å². The predicted octanol–water partition coefficient (Wildman–Crippen LogP) is 11.1. The molecule has 0 aliphatic rings. The molecular weight excluding hydrogens is 769 g/mol. The van der Waals surface area contributed by atoms with Gasteiger partial charge in [0.15, 0.2) is 0 Å². The molecule has 0 aliphatic heterocycles. The number of nitrogens with one attached hydrogen (secondary N) is 1. The summed E-state index contributed by atoms with van der Waals surface area (Å²) in [5.41, 5.74) is 4.15. The van der Waals surface area contributed by atoms with Gasteiger partial charge >= 0.3 is 0 Å². The summed E-state index contributed by atoms with van der Waals surface area (Å²) in [6.07, 6.45) is 17.5. The first kappa shape index (κ1) is 50.9. The van der Waals surface area contributed by atoms with Crippen LogP contribution in [-0.2, 0) is 32.5 Å². The molecule has 7 heterocycles. The van der Waals surface area contributed by atoms with Crippen LogP contribution in [0.3, 0.4) is 0 Å².